The molecule has 0 aromatic heterocycles. The zero-order chi connectivity index (χ0) is 13.0. The second-order valence-electron chi connectivity index (χ2n) is 4.19. The lowest BCUT2D eigenvalue weighted by molar-refractivity contribution is -0.137. The van der Waals surface area contributed by atoms with Crippen LogP contribution >= 0.6 is 0 Å². The molecule has 0 fully saturated rings. The summed E-state index contributed by atoms with van der Waals surface area (Å²) >= 11 is 0. The van der Waals surface area contributed by atoms with Gasteiger partial charge in [0.1, 0.15) is 0 Å². The lowest BCUT2D eigenvalue weighted by atomic mass is 10.00. The number of carboxylic acid groups (broad SMARTS) is 1. The quantitative estimate of drug-likeness (QED) is 0.865. The summed E-state index contributed by atoms with van der Waals surface area (Å²) in [7, 11) is 0. The van der Waals surface area contributed by atoms with Crippen molar-refractivity contribution in [3.63, 3.8) is 0 Å². The van der Waals surface area contributed by atoms with E-state index in [0.29, 0.717) is 0 Å². The molecule has 0 bridgehead atoms. The molecule has 0 unspecified atom stereocenters. The van der Waals surface area contributed by atoms with E-state index in [-0.39, 0.29) is 6.42 Å². The minimum absolute atomic E-state index is 0.0509. The van der Waals surface area contributed by atoms with E-state index in [9.17, 15) is 4.79 Å². The molecule has 3 N–H and O–H groups in total. The zero-order valence-corrected chi connectivity index (χ0v) is 9.91. The lowest BCUT2D eigenvalue weighted by Gasteiger charge is -2.10. The molecule has 0 aliphatic rings. The number of rotatable bonds is 4. The highest BCUT2D eigenvalue weighted by atomic mass is 16.4. The third-order valence-corrected chi connectivity index (χ3v) is 2.84. The normalized spacial score (nSPS) is 12.1. The molecule has 0 aliphatic heterocycles. The maximum absolute atomic E-state index is 10.6. The highest BCUT2D eigenvalue weighted by Crippen LogP contribution is 2.22. The van der Waals surface area contributed by atoms with Crippen molar-refractivity contribution in [3.8, 4) is 11.1 Å². The molecule has 3 nitrogen and oxygen atoms in total. The van der Waals surface area contributed by atoms with Crippen LogP contribution in [-0.2, 0) is 4.79 Å². The van der Waals surface area contributed by atoms with Gasteiger partial charge in [-0.15, -0.1) is 0 Å². The maximum atomic E-state index is 10.6. The largest absolute Gasteiger partial charge is 0.481 e. The first-order valence-electron chi connectivity index (χ1n) is 5.79. The third-order valence-electron chi connectivity index (χ3n) is 2.84. The van der Waals surface area contributed by atoms with E-state index in [1.807, 2.05) is 54.6 Å². The van der Waals surface area contributed by atoms with E-state index in [1.54, 1.807) is 0 Å². The first-order chi connectivity index (χ1) is 8.66. The Morgan fingerprint density at radius 2 is 1.56 bits per heavy atom. The number of nitrogens with two attached hydrogens (primary N) is 1. The Balaban J connectivity index is 2.18. The van der Waals surface area contributed by atoms with Gasteiger partial charge in [-0.05, 0) is 16.7 Å². The summed E-state index contributed by atoms with van der Waals surface area (Å²) in [5, 5.41) is 8.70. The second-order valence-corrected chi connectivity index (χ2v) is 4.19. The molecular weight excluding hydrogens is 226 g/mol. The van der Waals surface area contributed by atoms with Crippen LogP contribution in [0.1, 0.15) is 18.0 Å². The molecule has 2 aromatic carbocycles. The fraction of sp³-hybridized carbons (Fsp3) is 0.133. The molecule has 92 valence electrons. The Kier molecular flexibility index (Phi) is 3.75. The number of aliphatic carboxylic acids is 1. The van der Waals surface area contributed by atoms with Crippen LogP contribution in [0.2, 0.25) is 0 Å². The average Bonchev–Trinajstić information content (AvgIpc) is 2.39. The molecule has 0 amide bonds. The van der Waals surface area contributed by atoms with Gasteiger partial charge in [0, 0.05) is 6.04 Å². The Hall–Kier alpha value is -2.13. The molecule has 0 heterocycles. The molecule has 1 atom stereocenters. The molecule has 0 radical (unpaired) electrons. The Morgan fingerprint density at radius 1 is 1.00 bits per heavy atom. The van der Waals surface area contributed by atoms with Crippen molar-refractivity contribution in [2.75, 3.05) is 0 Å². The van der Waals surface area contributed by atoms with Crippen molar-refractivity contribution in [3.05, 3.63) is 60.2 Å². The van der Waals surface area contributed by atoms with Gasteiger partial charge >= 0.3 is 5.97 Å². The van der Waals surface area contributed by atoms with Crippen LogP contribution in [0.25, 0.3) is 11.1 Å². The van der Waals surface area contributed by atoms with E-state index in [1.165, 1.54) is 0 Å². The van der Waals surface area contributed by atoms with Crippen LogP contribution in [-0.4, -0.2) is 11.1 Å². The topological polar surface area (TPSA) is 63.3 Å². The van der Waals surface area contributed by atoms with E-state index < -0.39 is 12.0 Å². The Bertz CT molecular complexity index is 520. The van der Waals surface area contributed by atoms with Gasteiger partial charge in [-0.25, -0.2) is 0 Å². The predicted molar refractivity (Wildman–Crippen MR) is 71.1 cm³/mol. The van der Waals surface area contributed by atoms with Crippen molar-refractivity contribution < 1.29 is 9.90 Å². The maximum Gasteiger partial charge on any atom is 0.305 e. The number of carboxylic acids is 1. The predicted octanol–water partition coefficient (Wildman–Crippen LogP) is 2.83. The molecule has 0 saturated carbocycles. The summed E-state index contributed by atoms with van der Waals surface area (Å²) in [6.07, 6.45) is -0.0509. The van der Waals surface area contributed by atoms with Crippen molar-refractivity contribution >= 4 is 5.97 Å². The smallest absolute Gasteiger partial charge is 0.305 e. The number of benzene rings is 2. The molecule has 2 rings (SSSR count). The Morgan fingerprint density at radius 3 is 2.11 bits per heavy atom. The fourth-order valence-corrected chi connectivity index (χ4v) is 1.86. The van der Waals surface area contributed by atoms with Crippen molar-refractivity contribution in [1.29, 1.82) is 0 Å². The van der Waals surface area contributed by atoms with E-state index in [2.05, 4.69) is 0 Å². The van der Waals surface area contributed by atoms with Gasteiger partial charge in [0.25, 0.3) is 0 Å². The van der Waals surface area contributed by atoms with Crippen LogP contribution in [0.4, 0.5) is 0 Å². The highest BCUT2D eigenvalue weighted by molar-refractivity contribution is 5.68. The van der Waals surface area contributed by atoms with Crippen molar-refractivity contribution in [2.45, 2.75) is 12.5 Å². The van der Waals surface area contributed by atoms with Gasteiger partial charge < -0.3 is 10.8 Å². The summed E-state index contributed by atoms with van der Waals surface area (Å²) in [5.74, 6) is -0.880. The number of carbonyl (C=O) groups is 1. The van der Waals surface area contributed by atoms with Crippen molar-refractivity contribution in [1.82, 2.24) is 0 Å². The van der Waals surface area contributed by atoms with Gasteiger partial charge in [0.2, 0.25) is 0 Å². The van der Waals surface area contributed by atoms with Gasteiger partial charge in [-0.2, -0.15) is 0 Å². The van der Waals surface area contributed by atoms with Crippen molar-refractivity contribution in [2.24, 2.45) is 5.73 Å². The molecule has 18 heavy (non-hydrogen) atoms. The highest BCUT2D eigenvalue weighted by Gasteiger charge is 2.10. The van der Waals surface area contributed by atoms with Crippen LogP contribution in [0.3, 0.4) is 0 Å². The minimum Gasteiger partial charge on any atom is -0.481 e. The first kappa shape index (κ1) is 12.3. The number of hydrogen-bond acceptors (Lipinski definition) is 2. The molecule has 0 saturated heterocycles. The van der Waals surface area contributed by atoms with Crippen LogP contribution in [0, 0.1) is 0 Å². The summed E-state index contributed by atoms with van der Waals surface area (Å²) in [4.78, 5) is 10.6. The molecule has 3 heteroatoms. The number of hydrogen-bond donors (Lipinski definition) is 2. The summed E-state index contributed by atoms with van der Waals surface area (Å²) in [5.41, 5.74) is 8.88. The second kappa shape index (κ2) is 5.47. The minimum atomic E-state index is -0.880. The first-order valence-corrected chi connectivity index (χ1v) is 5.79. The van der Waals surface area contributed by atoms with E-state index >= 15 is 0 Å². The fourth-order valence-electron chi connectivity index (χ4n) is 1.86. The average molecular weight is 241 g/mol. The molecule has 0 aliphatic carbocycles. The van der Waals surface area contributed by atoms with Gasteiger partial charge in [-0.1, -0.05) is 54.6 Å². The summed E-state index contributed by atoms with van der Waals surface area (Å²) in [6, 6.07) is 17.3. The summed E-state index contributed by atoms with van der Waals surface area (Å²) in [6.45, 7) is 0. The molecule has 2 aromatic rings. The van der Waals surface area contributed by atoms with Gasteiger partial charge in [-0.3, -0.25) is 4.79 Å². The monoisotopic (exact) mass is 241 g/mol. The van der Waals surface area contributed by atoms with Crippen LogP contribution < -0.4 is 5.73 Å². The third kappa shape index (κ3) is 2.96. The zero-order valence-electron chi connectivity index (χ0n) is 9.91. The van der Waals surface area contributed by atoms with E-state index in [4.69, 9.17) is 10.8 Å². The van der Waals surface area contributed by atoms with Crippen LogP contribution in [0.15, 0.2) is 54.6 Å². The summed E-state index contributed by atoms with van der Waals surface area (Å²) < 4.78 is 0. The molecule has 0 spiro atoms. The molecular formula is C15H15NO2. The lowest BCUT2D eigenvalue weighted by Crippen LogP contribution is -2.14. The van der Waals surface area contributed by atoms with Gasteiger partial charge in [0.15, 0.2) is 0 Å². The Labute approximate surface area is 106 Å². The van der Waals surface area contributed by atoms with E-state index in [0.717, 1.165) is 16.7 Å². The van der Waals surface area contributed by atoms with Gasteiger partial charge in [0.05, 0.1) is 6.42 Å². The standard InChI is InChI=1S/C15H15NO2/c16-14(10-15(17)18)13-8-6-12(7-9-13)11-4-2-1-3-5-11/h1-9,14H,10,16H2,(H,17,18)/t14-/m0/s1. The van der Waals surface area contributed by atoms with Crippen LogP contribution in [0.5, 0.6) is 0 Å². The SMILES string of the molecule is N[C@@H](CC(=O)O)c1ccc(-c2ccccc2)cc1.